The van der Waals surface area contributed by atoms with Gasteiger partial charge in [-0.3, -0.25) is 14.4 Å². The molecule has 3 rings (SSSR count). The molecular weight excluding hydrogens is 337 g/mol. The van der Waals surface area contributed by atoms with Crippen LogP contribution in [0.2, 0.25) is 0 Å². The van der Waals surface area contributed by atoms with Gasteiger partial charge < -0.3 is 14.7 Å². The Hall–Kier alpha value is -2.44. The summed E-state index contributed by atoms with van der Waals surface area (Å²) >= 11 is 0. The molecule has 1 atom stereocenters. The van der Waals surface area contributed by atoms with Crippen LogP contribution in [-0.2, 0) is 9.59 Å². The Bertz CT molecular complexity index is 701. The minimum absolute atomic E-state index is 0.0186. The molecule has 26 heavy (non-hydrogen) atoms. The van der Waals surface area contributed by atoms with Crippen LogP contribution in [0.1, 0.15) is 30.1 Å². The number of benzene rings is 1. The maximum absolute atomic E-state index is 13.8. The first-order chi connectivity index (χ1) is 12.5. The van der Waals surface area contributed by atoms with Crippen molar-refractivity contribution in [1.82, 2.24) is 14.7 Å². The molecule has 140 valence electrons. The van der Waals surface area contributed by atoms with Crippen molar-refractivity contribution >= 4 is 17.7 Å². The van der Waals surface area contributed by atoms with E-state index >= 15 is 0 Å². The van der Waals surface area contributed by atoms with Crippen LogP contribution in [0.4, 0.5) is 4.39 Å². The van der Waals surface area contributed by atoms with Crippen LogP contribution in [0.25, 0.3) is 0 Å². The van der Waals surface area contributed by atoms with Gasteiger partial charge in [-0.05, 0) is 18.6 Å². The average Bonchev–Trinajstić information content (AvgIpc) is 3.02. The molecule has 7 heteroatoms. The molecule has 0 radical (unpaired) electrons. The van der Waals surface area contributed by atoms with Crippen molar-refractivity contribution in [2.45, 2.75) is 19.8 Å². The fraction of sp³-hybridized carbons (Fsp3) is 0.526. The number of carbonyl (C=O) groups excluding carboxylic acids is 3. The van der Waals surface area contributed by atoms with E-state index in [-0.39, 0.29) is 35.6 Å². The number of rotatable bonds is 4. The van der Waals surface area contributed by atoms with Gasteiger partial charge in [0.2, 0.25) is 11.8 Å². The standard InChI is InChI=1S/C19H24FN3O3/c1-2-7-23-13-14(12-17(23)24)18(25)21-8-10-22(11-9-21)19(26)15-5-3-4-6-16(15)20/h3-6,14H,2,7-13H2,1H3. The Balaban J connectivity index is 1.55. The lowest BCUT2D eigenvalue weighted by molar-refractivity contribution is -0.137. The van der Waals surface area contributed by atoms with E-state index in [0.717, 1.165) is 6.42 Å². The first kappa shape index (κ1) is 18.4. The zero-order valence-corrected chi connectivity index (χ0v) is 15.0. The number of nitrogens with zero attached hydrogens (tertiary/aromatic N) is 3. The number of likely N-dealkylation sites (tertiary alicyclic amines) is 1. The van der Waals surface area contributed by atoms with Gasteiger partial charge in [-0.25, -0.2) is 4.39 Å². The summed E-state index contributed by atoms with van der Waals surface area (Å²) in [5.41, 5.74) is 0.0591. The number of halogens is 1. The van der Waals surface area contributed by atoms with Gasteiger partial charge in [0.05, 0.1) is 11.5 Å². The molecule has 2 heterocycles. The molecule has 0 spiro atoms. The van der Waals surface area contributed by atoms with Gasteiger partial charge in [0.15, 0.2) is 0 Å². The van der Waals surface area contributed by atoms with Gasteiger partial charge in [0.25, 0.3) is 5.91 Å². The van der Waals surface area contributed by atoms with Crippen molar-refractivity contribution in [2.24, 2.45) is 5.92 Å². The molecule has 0 N–H and O–H groups in total. The molecule has 3 amide bonds. The molecular formula is C19H24FN3O3. The average molecular weight is 361 g/mol. The number of amides is 3. The van der Waals surface area contributed by atoms with Crippen molar-refractivity contribution in [3.05, 3.63) is 35.6 Å². The minimum Gasteiger partial charge on any atom is -0.342 e. The summed E-state index contributed by atoms with van der Waals surface area (Å²) in [6, 6.07) is 5.93. The molecule has 0 bridgehead atoms. The second kappa shape index (κ2) is 7.85. The summed E-state index contributed by atoms with van der Waals surface area (Å²) in [6.07, 6.45) is 1.15. The second-order valence-corrected chi connectivity index (χ2v) is 6.84. The molecule has 0 saturated carbocycles. The lowest BCUT2D eigenvalue weighted by Gasteiger charge is -2.36. The second-order valence-electron chi connectivity index (χ2n) is 6.84. The minimum atomic E-state index is -0.531. The molecule has 1 unspecified atom stereocenters. The van der Waals surface area contributed by atoms with Gasteiger partial charge in [-0.2, -0.15) is 0 Å². The van der Waals surface area contributed by atoms with Gasteiger partial charge in [0, 0.05) is 45.7 Å². The van der Waals surface area contributed by atoms with Crippen molar-refractivity contribution in [2.75, 3.05) is 39.3 Å². The van der Waals surface area contributed by atoms with E-state index in [2.05, 4.69) is 0 Å². The van der Waals surface area contributed by atoms with Gasteiger partial charge >= 0.3 is 0 Å². The molecule has 2 saturated heterocycles. The Morgan fingerprint density at radius 3 is 2.42 bits per heavy atom. The van der Waals surface area contributed by atoms with Crippen LogP contribution in [0.5, 0.6) is 0 Å². The van der Waals surface area contributed by atoms with E-state index in [4.69, 9.17) is 0 Å². The van der Waals surface area contributed by atoms with E-state index in [9.17, 15) is 18.8 Å². The number of carbonyl (C=O) groups is 3. The lowest BCUT2D eigenvalue weighted by atomic mass is 10.1. The summed E-state index contributed by atoms with van der Waals surface area (Å²) in [4.78, 5) is 42.1. The molecule has 1 aromatic rings. The van der Waals surface area contributed by atoms with E-state index in [1.165, 1.54) is 12.1 Å². The molecule has 2 aliphatic rings. The number of piperazine rings is 1. The van der Waals surface area contributed by atoms with E-state index in [1.54, 1.807) is 26.8 Å². The van der Waals surface area contributed by atoms with Crippen LogP contribution >= 0.6 is 0 Å². The highest BCUT2D eigenvalue weighted by Crippen LogP contribution is 2.21. The van der Waals surface area contributed by atoms with Crippen LogP contribution in [0.3, 0.4) is 0 Å². The topological polar surface area (TPSA) is 60.9 Å². The third-order valence-corrected chi connectivity index (χ3v) is 5.04. The third-order valence-electron chi connectivity index (χ3n) is 5.04. The zero-order valence-electron chi connectivity index (χ0n) is 15.0. The summed E-state index contributed by atoms with van der Waals surface area (Å²) in [5, 5.41) is 0. The van der Waals surface area contributed by atoms with Crippen molar-refractivity contribution in [3.8, 4) is 0 Å². The van der Waals surface area contributed by atoms with E-state index in [0.29, 0.717) is 39.3 Å². The summed E-state index contributed by atoms with van der Waals surface area (Å²) in [7, 11) is 0. The predicted octanol–water partition coefficient (Wildman–Crippen LogP) is 1.37. The Kier molecular flexibility index (Phi) is 5.54. The Morgan fingerprint density at radius 1 is 1.12 bits per heavy atom. The van der Waals surface area contributed by atoms with E-state index < -0.39 is 5.82 Å². The smallest absolute Gasteiger partial charge is 0.256 e. The molecule has 2 fully saturated rings. The molecule has 0 aromatic heterocycles. The highest BCUT2D eigenvalue weighted by molar-refractivity contribution is 5.95. The van der Waals surface area contributed by atoms with Crippen LogP contribution in [-0.4, -0.2) is 71.7 Å². The van der Waals surface area contributed by atoms with Crippen LogP contribution in [0, 0.1) is 11.7 Å². The maximum atomic E-state index is 13.8. The zero-order chi connectivity index (χ0) is 18.7. The Labute approximate surface area is 152 Å². The SMILES string of the molecule is CCCN1CC(C(=O)N2CCN(C(=O)c3ccccc3F)CC2)CC1=O. The van der Waals surface area contributed by atoms with Crippen molar-refractivity contribution in [1.29, 1.82) is 0 Å². The highest BCUT2D eigenvalue weighted by Gasteiger charge is 2.37. The number of hydrogen-bond acceptors (Lipinski definition) is 3. The molecule has 0 aliphatic carbocycles. The van der Waals surface area contributed by atoms with Gasteiger partial charge in [-0.1, -0.05) is 19.1 Å². The van der Waals surface area contributed by atoms with Crippen LogP contribution < -0.4 is 0 Å². The van der Waals surface area contributed by atoms with E-state index in [1.807, 2.05) is 6.92 Å². The summed E-state index contributed by atoms with van der Waals surface area (Å²) < 4.78 is 13.8. The van der Waals surface area contributed by atoms with Crippen LogP contribution in [0.15, 0.2) is 24.3 Å². The quantitative estimate of drug-likeness (QED) is 0.814. The summed E-state index contributed by atoms with van der Waals surface area (Å²) in [5.74, 6) is -1.15. The highest BCUT2D eigenvalue weighted by atomic mass is 19.1. The lowest BCUT2D eigenvalue weighted by Crippen LogP contribution is -2.52. The predicted molar refractivity (Wildman–Crippen MR) is 93.9 cm³/mol. The molecule has 2 aliphatic heterocycles. The van der Waals surface area contributed by atoms with Gasteiger partial charge in [0.1, 0.15) is 5.82 Å². The largest absolute Gasteiger partial charge is 0.342 e. The first-order valence-electron chi connectivity index (χ1n) is 9.11. The van der Waals surface area contributed by atoms with Crippen molar-refractivity contribution < 1.29 is 18.8 Å². The Morgan fingerprint density at radius 2 is 1.77 bits per heavy atom. The third kappa shape index (κ3) is 3.71. The fourth-order valence-corrected chi connectivity index (χ4v) is 3.62. The maximum Gasteiger partial charge on any atom is 0.256 e. The normalized spacial score (nSPS) is 20.6. The first-order valence-corrected chi connectivity index (χ1v) is 9.11. The molecule has 6 nitrogen and oxygen atoms in total. The van der Waals surface area contributed by atoms with Crippen molar-refractivity contribution in [3.63, 3.8) is 0 Å². The monoisotopic (exact) mass is 361 g/mol. The molecule has 1 aromatic carbocycles. The van der Waals surface area contributed by atoms with Gasteiger partial charge in [-0.15, -0.1) is 0 Å². The fourth-order valence-electron chi connectivity index (χ4n) is 3.62. The summed E-state index contributed by atoms with van der Waals surface area (Å²) in [6.45, 7) is 4.76. The number of hydrogen-bond donors (Lipinski definition) is 0.